The molecule has 1 aromatic heterocycles. The molecule has 0 radical (unpaired) electrons. The Balaban J connectivity index is 2.34. The summed E-state index contributed by atoms with van der Waals surface area (Å²) in [5.41, 5.74) is 2.22. The summed E-state index contributed by atoms with van der Waals surface area (Å²) >= 11 is 6.75. The predicted molar refractivity (Wildman–Crippen MR) is 78.8 cm³/mol. The first kappa shape index (κ1) is 13.1. The summed E-state index contributed by atoms with van der Waals surface area (Å²) in [7, 11) is 0. The van der Waals surface area contributed by atoms with Crippen molar-refractivity contribution in [2.75, 3.05) is 5.32 Å². The van der Waals surface area contributed by atoms with Crippen LogP contribution in [0.5, 0.6) is 0 Å². The zero-order valence-electron chi connectivity index (χ0n) is 9.54. The molecule has 2 rings (SSSR count). The second kappa shape index (κ2) is 5.51. The van der Waals surface area contributed by atoms with Gasteiger partial charge in [-0.1, -0.05) is 15.9 Å². The van der Waals surface area contributed by atoms with Gasteiger partial charge in [0.1, 0.15) is 11.9 Å². The highest BCUT2D eigenvalue weighted by atomic mass is 79.9. The van der Waals surface area contributed by atoms with Crippen molar-refractivity contribution in [2.45, 2.75) is 6.92 Å². The summed E-state index contributed by atoms with van der Waals surface area (Å²) in [6.07, 6.45) is 0. The number of rotatable bonds is 2. The van der Waals surface area contributed by atoms with E-state index in [0.717, 1.165) is 26.1 Å². The third kappa shape index (κ3) is 2.89. The molecule has 1 aromatic carbocycles. The van der Waals surface area contributed by atoms with E-state index >= 15 is 0 Å². The van der Waals surface area contributed by atoms with Crippen LogP contribution in [-0.2, 0) is 0 Å². The molecule has 2 aromatic rings. The average Bonchev–Trinajstić information content (AvgIpc) is 2.36. The Bertz CT molecular complexity index is 633. The summed E-state index contributed by atoms with van der Waals surface area (Å²) in [5.74, 6) is 0.717. The van der Waals surface area contributed by atoms with Gasteiger partial charge in [-0.2, -0.15) is 5.26 Å². The highest BCUT2D eigenvalue weighted by molar-refractivity contribution is 9.10. The lowest BCUT2D eigenvalue weighted by atomic mass is 10.2. The molecule has 0 saturated heterocycles. The lowest BCUT2D eigenvalue weighted by molar-refractivity contribution is 1.18. The lowest BCUT2D eigenvalue weighted by Crippen LogP contribution is -1.97. The average molecular weight is 367 g/mol. The van der Waals surface area contributed by atoms with Gasteiger partial charge in [-0.3, -0.25) is 0 Å². The van der Waals surface area contributed by atoms with Gasteiger partial charge < -0.3 is 5.32 Å². The molecule has 18 heavy (non-hydrogen) atoms. The normalized spacial score (nSPS) is 9.89. The Kier molecular flexibility index (Phi) is 4.00. The molecular weight excluding hydrogens is 358 g/mol. The standard InChI is InChI=1S/C13H9Br2N3/c1-8-11(15)3-5-13(17-8)18-12-4-2-10(14)6-9(12)7-16/h2-6H,1H3,(H,17,18). The van der Waals surface area contributed by atoms with E-state index in [1.165, 1.54) is 0 Å². The Labute approximate surface area is 122 Å². The number of hydrogen-bond acceptors (Lipinski definition) is 3. The minimum Gasteiger partial charge on any atom is -0.339 e. The number of nitrogens with one attached hydrogen (secondary N) is 1. The molecule has 0 atom stereocenters. The van der Waals surface area contributed by atoms with E-state index in [4.69, 9.17) is 5.26 Å². The second-order valence-electron chi connectivity index (χ2n) is 3.69. The largest absolute Gasteiger partial charge is 0.339 e. The quantitative estimate of drug-likeness (QED) is 0.849. The van der Waals surface area contributed by atoms with Crippen molar-refractivity contribution >= 4 is 43.4 Å². The highest BCUT2D eigenvalue weighted by Crippen LogP contribution is 2.24. The number of anilines is 2. The van der Waals surface area contributed by atoms with Gasteiger partial charge in [0, 0.05) is 8.95 Å². The molecule has 0 aliphatic heterocycles. The second-order valence-corrected chi connectivity index (χ2v) is 5.46. The van der Waals surface area contributed by atoms with Gasteiger partial charge in [0.05, 0.1) is 16.9 Å². The van der Waals surface area contributed by atoms with Crippen LogP contribution >= 0.6 is 31.9 Å². The van der Waals surface area contributed by atoms with Gasteiger partial charge >= 0.3 is 0 Å². The fourth-order valence-corrected chi connectivity index (χ4v) is 2.05. The summed E-state index contributed by atoms with van der Waals surface area (Å²) in [6.45, 7) is 1.92. The molecule has 0 fully saturated rings. The summed E-state index contributed by atoms with van der Waals surface area (Å²) < 4.78 is 1.84. The number of aromatic nitrogens is 1. The van der Waals surface area contributed by atoms with Crippen LogP contribution in [-0.4, -0.2) is 4.98 Å². The van der Waals surface area contributed by atoms with Crippen LogP contribution < -0.4 is 5.32 Å². The predicted octanol–water partition coefficient (Wildman–Crippen LogP) is 4.53. The number of aryl methyl sites for hydroxylation is 1. The SMILES string of the molecule is Cc1nc(Nc2ccc(Br)cc2C#N)ccc1Br. The molecule has 0 bridgehead atoms. The fraction of sp³-hybridized carbons (Fsp3) is 0.0769. The zero-order valence-corrected chi connectivity index (χ0v) is 12.7. The van der Waals surface area contributed by atoms with E-state index in [1.54, 1.807) is 6.07 Å². The van der Waals surface area contributed by atoms with Crippen molar-refractivity contribution in [1.29, 1.82) is 5.26 Å². The molecule has 3 nitrogen and oxygen atoms in total. The van der Waals surface area contributed by atoms with Gasteiger partial charge in [0.2, 0.25) is 0 Å². The first-order chi connectivity index (χ1) is 8.60. The molecule has 0 aliphatic rings. The van der Waals surface area contributed by atoms with Crippen LogP contribution in [0.15, 0.2) is 39.3 Å². The number of benzene rings is 1. The van der Waals surface area contributed by atoms with E-state index in [2.05, 4.69) is 48.2 Å². The van der Waals surface area contributed by atoms with Crippen LogP contribution in [0.25, 0.3) is 0 Å². The monoisotopic (exact) mass is 365 g/mol. The van der Waals surface area contributed by atoms with Crippen molar-refractivity contribution in [3.63, 3.8) is 0 Å². The number of hydrogen-bond donors (Lipinski definition) is 1. The molecule has 0 amide bonds. The van der Waals surface area contributed by atoms with Crippen LogP contribution in [0, 0.1) is 18.3 Å². The molecule has 0 spiro atoms. The van der Waals surface area contributed by atoms with Crippen LogP contribution in [0.2, 0.25) is 0 Å². The third-order valence-electron chi connectivity index (χ3n) is 2.39. The van der Waals surface area contributed by atoms with Crippen molar-refractivity contribution in [3.8, 4) is 6.07 Å². The number of nitrogens with zero attached hydrogens (tertiary/aromatic N) is 2. The summed E-state index contributed by atoms with van der Waals surface area (Å²) in [5, 5.41) is 12.2. The summed E-state index contributed by atoms with van der Waals surface area (Å²) in [6, 6.07) is 11.4. The van der Waals surface area contributed by atoms with Crippen molar-refractivity contribution < 1.29 is 0 Å². The van der Waals surface area contributed by atoms with Gasteiger partial charge in [-0.05, 0) is 53.2 Å². The van der Waals surface area contributed by atoms with E-state index < -0.39 is 0 Å². The topological polar surface area (TPSA) is 48.7 Å². The lowest BCUT2D eigenvalue weighted by Gasteiger charge is -2.09. The maximum atomic E-state index is 9.08. The fourth-order valence-electron chi connectivity index (χ4n) is 1.47. The van der Waals surface area contributed by atoms with E-state index in [9.17, 15) is 0 Å². The molecule has 0 unspecified atom stereocenters. The van der Waals surface area contributed by atoms with Gasteiger partial charge in [-0.15, -0.1) is 0 Å². The Hall–Kier alpha value is -1.38. The van der Waals surface area contributed by atoms with Crippen LogP contribution in [0.4, 0.5) is 11.5 Å². The van der Waals surface area contributed by atoms with Gasteiger partial charge in [0.25, 0.3) is 0 Å². The number of nitriles is 1. The highest BCUT2D eigenvalue weighted by Gasteiger charge is 2.05. The van der Waals surface area contributed by atoms with Crippen molar-refractivity contribution in [2.24, 2.45) is 0 Å². The zero-order chi connectivity index (χ0) is 13.1. The number of pyridine rings is 1. The molecule has 0 aliphatic carbocycles. The van der Waals surface area contributed by atoms with E-state index in [-0.39, 0.29) is 0 Å². The first-order valence-corrected chi connectivity index (χ1v) is 6.78. The summed E-state index contributed by atoms with van der Waals surface area (Å²) in [4.78, 5) is 4.39. The minimum atomic E-state index is 0.576. The molecule has 90 valence electrons. The molecule has 0 saturated carbocycles. The molecular formula is C13H9Br2N3. The van der Waals surface area contributed by atoms with Crippen molar-refractivity contribution in [1.82, 2.24) is 4.98 Å². The Morgan fingerprint density at radius 2 is 2.00 bits per heavy atom. The van der Waals surface area contributed by atoms with Crippen LogP contribution in [0.1, 0.15) is 11.3 Å². The van der Waals surface area contributed by atoms with Crippen LogP contribution in [0.3, 0.4) is 0 Å². The number of halogens is 2. The Morgan fingerprint density at radius 1 is 1.22 bits per heavy atom. The van der Waals surface area contributed by atoms with E-state index in [0.29, 0.717) is 5.56 Å². The third-order valence-corrected chi connectivity index (χ3v) is 3.72. The van der Waals surface area contributed by atoms with Crippen molar-refractivity contribution in [3.05, 3.63) is 50.5 Å². The maximum Gasteiger partial charge on any atom is 0.130 e. The molecule has 1 N–H and O–H groups in total. The van der Waals surface area contributed by atoms with Gasteiger partial charge in [0.15, 0.2) is 0 Å². The first-order valence-electron chi connectivity index (χ1n) is 5.20. The van der Waals surface area contributed by atoms with Gasteiger partial charge in [-0.25, -0.2) is 4.98 Å². The van der Waals surface area contributed by atoms with E-state index in [1.807, 2.05) is 31.2 Å². The molecule has 5 heteroatoms. The Morgan fingerprint density at radius 3 is 2.67 bits per heavy atom. The maximum absolute atomic E-state index is 9.08. The smallest absolute Gasteiger partial charge is 0.130 e. The minimum absolute atomic E-state index is 0.576. The molecule has 1 heterocycles.